The molecule has 0 spiro atoms. The highest BCUT2D eigenvalue weighted by Gasteiger charge is 2.44. The molecule has 3 N–H and O–H groups in total. The highest BCUT2D eigenvalue weighted by molar-refractivity contribution is 6.09. The zero-order valence-corrected chi connectivity index (χ0v) is 14.4. The van der Waals surface area contributed by atoms with Crippen molar-refractivity contribution in [2.45, 2.75) is 26.3 Å². The van der Waals surface area contributed by atoms with Crippen molar-refractivity contribution in [2.24, 2.45) is 0 Å². The molecular formula is C16H20N4O5. The van der Waals surface area contributed by atoms with Crippen molar-refractivity contribution in [3.8, 4) is 5.75 Å². The maximum Gasteiger partial charge on any atom is 0.325 e. The molecule has 134 valence electrons. The lowest BCUT2D eigenvalue weighted by Crippen LogP contribution is -2.41. The van der Waals surface area contributed by atoms with Gasteiger partial charge in [-0.05, 0) is 32.0 Å². The Balaban J connectivity index is 2.13. The number of benzene rings is 1. The predicted molar refractivity (Wildman–Crippen MR) is 90.3 cm³/mol. The zero-order chi connectivity index (χ0) is 18.8. The Labute approximate surface area is 144 Å². The highest BCUT2D eigenvalue weighted by Crippen LogP contribution is 2.28. The monoisotopic (exact) mass is 348 g/mol. The van der Waals surface area contributed by atoms with Crippen molar-refractivity contribution in [3.63, 3.8) is 0 Å². The molecule has 2 rings (SSSR count). The van der Waals surface area contributed by atoms with Crippen LogP contribution in [-0.4, -0.2) is 47.8 Å². The van der Waals surface area contributed by atoms with Gasteiger partial charge in [0.05, 0.1) is 12.8 Å². The standard InChI is InChI=1S/C16H20N4O5/c1-9(21)17-10-5-6-12(25-4)11(7-10)18-13(22)8-20-14(23)16(2,3)19-15(20)24/h5-7H,8H2,1-4H3,(H,17,21)(H,18,22)(H,19,24). The van der Waals surface area contributed by atoms with Crippen molar-refractivity contribution >= 4 is 35.1 Å². The van der Waals surface area contributed by atoms with Crippen molar-refractivity contribution in [1.82, 2.24) is 10.2 Å². The van der Waals surface area contributed by atoms with Gasteiger partial charge in [-0.25, -0.2) is 4.79 Å². The fourth-order valence-electron chi connectivity index (χ4n) is 2.38. The molecule has 0 saturated carbocycles. The molecule has 0 radical (unpaired) electrons. The number of methoxy groups -OCH3 is 1. The van der Waals surface area contributed by atoms with Crippen LogP contribution in [0.1, 0.15) is 20.8 Å². The second-order valence-electron chi connectivity index (χ2n) is 6.09. The van der Waals surface area contributed by atoms with Crippen LogP contribution < -0.4 is 20.7 Å². The van der Waals surface area contributed by atoms with Crippen molar-refractivity contribution in [1.29, 1.82) is 0 Å². The molecular weight excluding hydrogens is 328 g/mol. The molecule has 1 aromatic rings. The van der Waals surface area contributed by atoms with Gasteiger partial charge in [0, 0.05) is 12.6 Å². The average molecular weight is 348 g/mol. The van der Waals surface area contributed by atoms with Crippen molar-refractivity contribution in [2.75, 3.05) is 24.3 Å². The number of anilines is 2. The average Bonchev–Trinajstić information content (AvgIpc) is 2.69. The lowest BCUT2D eigenvalue weighted by atomic mass is 10.1. The summed E-state index contributed by atoms with van der Waals surface area (Å²) in [4.78, 5) is 48.2. The van der Waals surface area contributed by atoms with Crippen LogP contribution in [0.4, 0.5) is 16.2 Å². The summed E-state index contributed by atoms with van der Waals surface area (Å²) < 4.78 is 5.16. The number of carbonyl (C=O) groups excluding carboxylic acids is 4. The van der Waals surface area contributed by atoms with E-state index >= 15 is 0 Å². The first-order valence-electron chi connectivity index (χ1n) is 7.53. The lowest BCUT2D eigenvalue weighted by molar-refractivity contribution is -0.132. The van der Waals surface area contributed by atoms with Crippen LogP contribution >= 0.6 is 0 Å². The van der Waals surface area contributed by atoms with Gasteiger partial charge in [0.15, 0.2) is 0 Å². The summed E-state index contributed by atoms with van der Waals surface area (Å²) in [6, 6.07) is 4.10. The Kier molecular flexibility index (Phi) is 4.96. The van der Waals surface area contributed by atoms with E-state index in [9.17, 15) is 19.2 Å². The van der Waals surface area contributed by atoms with Crippen LogP contribution in [0.25, 0.3) is 0 Å². The first-order chi connectivity index (χ1) is 11.6. The van der Waals surface area contributed by atoms with Gasteiger partial charge in [0.2, 0.25) is 11.8 Å². The maximum atomic E-state index is 12.2. The minimum atomic E-state index is -1.04. The van der Waals surface area contributed by atoms with Gasteiger partial charge in [-0.2, -0.15) is 0 Å². The van der Waals surface area contributed by atoms with Gasteiger partial charge in [-0.3, -0.25) is 19.3 Å². The molecule has 25 heavy (non-hydrogen) atoms. The number of ether oxygens (including phenoxy) is 1. The quantitative estimate of drug-likeness (QED) is 0.684. The molecule has 9 heteroatoms. The Morgan fingerprint density at radius 3 is 2.44 bits per heavy atom. The Hall–Kier alpha value is -3.10. The topological polar surface area (TPSA) is 117 Å². The van der Waals surface area contributed by atoms with Crippen LogP contribution in [0.5, 0.6) is 5.75 Å². The number of imide groups is 1. The normalized spacial score (nSPS) is 15.6. The summed E-state index contributed by atoms with van der Waals surface area (Å²) in [6.45, 7) is 4.06. The first kappa shape index (κ1) is 18.2. The number of urea groups is 1. The zero-order valence-electron chi connectivity index (χ0n) is 14.4. The van der Waals surface area contributed by atoms with Gasteiger partial charge in [-0.15, -0.1) is 0 Å². The van der Waals surface area contributed by atoms with Crippen LogP contribution in [-0.2, 0) is 14.4 Å². The van der Waals surface area contributed by atoms with E-state index in [4.69, 9.17) is 4.74 Å². The molecule has 1 aliphatic heterocycles. The summed E-state index contributed by atoms with van der Waals surface area (Å²) in [6.07, 6.45) is 0. The predicted octanol–water partition coefficient (Wildman–Crippen LogP) is 0.922. The summed E-state index contributed by atoms with van der Waals surface area (Å²) >= 11 is 0. The highest BCUT2D eigenvalue weighted by atomic mass is 16.5. The molecule has 0 atom stereocenters. The molecule has 1 heterocycles. The van der Waals surface area contributed by atoms with E-state index in [1.54, 1.807) is 26.0 Å². The molecule has 1 aliphatic rings. The molecule has 0 aliphatic carbocycles. The molecule has 0 aromatic heterocycles. The van der Waals surface area contributed by atoms with Crippen LogP contribution in [0, 0.1) is 0 Å². The van der Waals surface area contributed by atoms with E-state index in [2.05, 4.69) is 16.0 Å². The fourth-order valence-corrected chi connectivity index (χ4v) is 2.38. The van der Waals surface area contributed by atoms with Gasteiger partial charge >= 0.3 is 6.03 Å². The summed E-state index contributed by atoms with van der Waals surface area (Å²) in [5, 5.41) is 7.68. The van der Waals surface area contributed by atoms with Gasteiger partial charge < -0.3 is 20.7 Å². The molecule has 1 saturated heterocycles. The van der Waals surface area contributed by atoms with Crippen molar-refractivity contribution < 1.29 is 23.9 Å². The third-order valence-corrected chi connectivity index (χ3v) is 3.54. The lowest BCUT2D eigenvalue weighted by Gasteiger charge is -2.16. The molecule has 1 fully saturated rings. The van der Waals surface area contributed by atoms with E-state index in [-0.39, 0.29) is 5.91 Å². The van der Waals surface area contributed by atoms with Crippen molar-refractivity contribution in [3.05, 3.63) is 18.2 Å². The van der Waals surface area contributed by atoms with Gasteiger partial charge in [0.25, 0.3) is 5.91 Å². The molecule has 9 nitrogen and oxygen atoms in total. The van der Waals surface area contributed by atoms with E-state index < -0.39 is 29.9 Å². The number of amides is 5. The van der Waals surface area contributed by atoms with Crippen LogP contribution in [0.15, 0.2) is 18.2 Å². The number of carbonyl (C=O) groups is 4. The van der Waals surface area contributed by atoms with Crippen LogP contribution in [0.2, 0.25) is 0 Å². The third kappa shape index (κ3) is 4.06. The number of hydrogen-bond donors (Lipinski definition) is 3. The van der Waals surface area contributed by atoms with Gasteiger partial charge in [-0.1, -0.05) is 0 Å². The van der Waals surface area contributed by atoms with Crippen LogP contribution in [0.3, 0.4) is 0 Å². The molecule has 5 amide bonds. The summed E-state index contributed by atoms with van der Waals surface area (Å²) in [7, 11) is 1.43. The third-order valence-electron chi connectivity index (χ3n) is 3.54. The molecule has 0 bridgehead atoms. The Morgan fingerprint density at radius 2 is 1.92 bits per heavy atom. The number of hydrogen-bond acceptors (Lipinski definition) is 5. The van der Waals surface area contributed by atoms with Gasteiger partial charge in [0.1, 0.15) is 17.8 Å². The first-order valence-corrected chi connectivity index (χ1v) is 7.53. The number of nitrogens with zero attached hydrogens (tertiary/aromatic N) is 1. The Bertz CT molecular complexity index is 744. The second kappa shape index (κ2) is 6.80. The maximum absolute atomic E-state index is 12.2. The summed E-state index contributed by atoms with van der Waals surface area (Å²) in [5.74, 6) is -0.935. The minimum Gasteiger partial charge on any atom is -0.495 e. The van der Waals surface area contributed by atoms with E-state index in [1.807, 2.05) is 0 Å². The van der Waals surface area contributed by atoms with E-state index in [1.165, 1.54) is 20.1 Å². The minimum absolute atomic E-state index is 0.260. The van der Waals surface area contributed by atoms with E-state index in [0.29, 0.717) is 17.1 Å². The molecule has 1 aromatic carbocycles. The fraction of sp³-hybridized carbons (Fsp3) is 0.375. The summed E-state index contributed by atoms with van der Waals surface area (Å²) in [5.41, 5.74) is -0.259. The Morgan fingerprint density at radius 1 is 1.24 bits per heavy atom. The SMILES string of the molecule is COc1ccc(NC(C)=O)cc1NC(=O)CN1C(=O)NC(C)(C)C1=O. The van der Waals surface area contributed by atoms with E-state index in [0.717, 1.165) is 4.90 Å². The second-order valence-corrected chi connectivity index (χ2v) is 6.09. The number of nitrogens with one attached hydrogen (secondary N) is 3. The number of rotatable bonds is 5. The largest absolute Gasteiger partial charge is 0.495 e. The molecule has 0 unspecified atom stereocenters. The smallest absolute Gasteiger partial charge is 0.325 e.